The third-order valence-electron chi connectivity index (χ3n) is 3.36. The first-order valence-electron chi connectivity index (χ1n) is 6.49. The van der Waals surface area contributed by atoms with E-state index in [4.69, 9.17) is 0 Å². The largest absolute Gasteiger partial charge is 0.317 e. The molecule has 3 heteroatoms. The molecule has 1 nitrogen and oxygen atoms in total. The van der Waals surface area contributed by atoms with E-state index >= 15 is 0 Å². The van der Waals surface area contributed by atoms with Gasteiger partial charge in [0.15, 0.2) is 0 Å². The Labute approximate surface area is 118 Å². The average molecular weight is 316 g/mol. The Balaban J connectivity index is 2.86. The highest BCUT2D eigenvalue weighted by atomic mass is 79.9. The highest BCUT2D eigenvalue weighted by Crippen LogP contribution is 2.31. The van der Waals surface area contributed by atoms with Gasteiger partial charge in [0, 0.05) is 0 Å². The van der Waals surface area contributed by atoms with Crippen molar-refractivity contribution in [2.24, 2.45) is 11.3 Å². The lowest BCUT2D eigenvalue weighted by atomic mass is 9.77. The zero-order valence-electron chi connectivity index (χ0n) is 11.7. The fourth-order valence-electron chi connectivity index (χ4n) is 1.97. The minimum absolute atomic E-state index is 0.177. The fraction of sp³-hybridized carbons (Fsp3) is 0.600. The molecule has 0 aliphatic carbocycles. The molecule has 0 bridgehead atoms. The van der Waals surface area contributed by atoms with Gasteiger partial charge in [0.25, 0.3) is 0 Å². The van der Waals surface area contributed by atoms with E-state index in [0.717, 1.165) is 25.1 Å². The summed E-state index contributed by atoms with van der Waals surface area (Å²) in [6, 6.07) is 5.27. The Hall–Kier alpha value is -0.410. The van der Waals surface area contributed by atoms with Gasteiger partial charge in [-0.3, -0.25) is 0 Å². The second kappa shape index (κ2) is 6.67. The van der Waals surface area contributed by atoms with Crippen LogP contribution in [0.1, 0.15) is 33.3 Å². The molecule has 18 heavy (non-hydrogen) atoms. The third-order valence-corrected chi connectivity index (χ3v) is 4.25. The zero-order chi connectivity index (χ0) is 13.8. The van der Waals surface area contributed by atoms with E-state index < -0.39 is 0 Å². The smallest absolute Gasteiger partial charge is 0.137 e. The molecule has 1 aromatic carbocycles. The summed E-state index contributed by atoms with van der Waals surface area (Å²) >= 11 is 3.35. The predicted octanol–water partition coefficient (Wildman–Crippen LogP) is 4.40. The van der Waals surface area contributed by atoms with Crippen molar-refractivity contribution >= 4 is 15.9 Å². The van der Waals surface area contributed by atoms with E-state index in [1.165, 1.54) is 6.07 Å². The standard InChI is InChI=1S/C15H23BrFN/c1-5-18-10-12(15(2,3)4)9-11-7-6-8-13(17)14(11)16/h6-8,12,18H,5,9-10H2,1-4H3. The lowest BCUT2D eigenvalue weighted by Crippen LogP contribution is -2.33. The molecule has 102 valence electrons. The fourth-order valence-corrected chi connectivity index (χ4v) is 2.40. The van der Waals surface area contributed by atoms with Crippen molar-refractivity contribution in [1.29, 1.82) is 0 Å². The topological polar surface area (TPSA) is 12.0 Å². The van der Waals surface area contributed by atoms with Crippen molar-refractivity contribution in [1.82, 2.24) is 5.32 Å². The van der Waals surface area contributed by atoms with Crippen LogP contribution in [0.5, 0.6) is 0 Å². The van der Waals surface area contributed by atoms with Crippen LogP contribution in [0, 0.1) is 17.2 Å². The highest BCUT2D eigenvalue weighted by molar-refractivity contribution is 9.10. The summed E-state index contributed by atoms with van der Waals surface area (Å²) in [6.45, 7) is 10.8. The van der Waals surface area contributed by atoms with Gasteiger partial charge >= 0.3 is 0 Å². The lowest BCUT2D eigenvalue weighted by molar-refractivity contribution is 0.231. The summed E-state index contributed by atoms with van der Waals surface area (Å²) in [5.41, 5.74) is 1.25. The molecule has 0 saturated carbocycles. The second-order valence-corrected chi connectivity index (χ2v) is 6.58. The van der Waals surface area contributed by atoms with Gasteiger partial charge < -0.3 is 5.32 Å². The Morgan fingerprint density at radius 1 is 1.33 bits per heavy atom. The molecule has 1 aromatic rings. The third kappa shape index (κ3) is 4.36. The average Bonchev–Trinajstić information content (AvgIpc) is 2.28. The van der Waals surface area contributed by atoms with Crippen molar-refractivity contribution in [3.8, 4) is 0 Å². The first-order valence-corrected chi connectivity index (χ1v) is 7.29. The van der Waals surface area contributed by atoms with Gasteiger partial charge in [-0.2, -0.15) is 0 Å². The van der Waals surface area contributed by atoms with Crippen LogP contribution in [-0.4, -0.2) is 13.1 Å². The van der Waals surface area contributed by atoms with Crippen LogP contribution in [0.2, 0.25) is 0 Å². The molecule has 1 unspecified atom stereocenters. The molecule has 0 amide bonds. The van der Waals surface area contributed by atoms with Gasteiger partial charge in [-0.15, -0.1) is 0 Å². The number of halogens is 2. The van der Waals surface area contributed by atoms with E-state index in [0.29, 0.717) is 10.4 Å². The maximum atomic E-state index is 13.5. The van der Waals surface area contributed by atoms with Gasteiger partial charge in [0.05, 0.1) is 4.47 Å². The summed E-state index contributed by atoms with van der Waals surface area (Å²) in [6.07, 6.45) is 0.884. The number of hydrogen-bond acceptors (Lipinski definition) is 1. The van der Waals surface area contributed by atoms with Crippen LogP contribution in [0.15, 0.2) is 22.7 Å². The minimum Gasteiger partial charge on any atom is -0.317 e. The summed E-state index contributed by atoms with van der Waals surface area (Å²) in [4.78, 5) is 0. The Bertz CT molecular complexity index is 385. The molecule has 1 atom stereocenters. The van der Waals surface area contributed by atoms with Crippen LogP contribution in [0.25, 0.3) is 0 Å². The van der Waals surface area contributed by atoms with Crippen LogP contribution in [0.3, 0.4) is 0 Å². The Kier molecular flexibility index (Phi) is 5.80. The lowest BCUT2D eigenvalue weighted by Gasteiger charge is -2.31. The molecule has 0 aliphatic heterocycles. The first kappa shape index (κ1) is 15.6. The molecule has 0 fully saturated rings. The van der Waals surface area contributed by atoms with E-state index in [-0.39, 0.29) is 11.2 Å². The minimum atomic E-state index is -0.177. The van der Waals surface area contributed by atoms with Crippen molar-refractivity contribution < 1.29 is 4.39 Å². The van der Waals surface area contributed by atoms with Gasteiger partial charge in [0.1, 0.15) is 5.82 Å². The Morgan fingerprint density at radius 2 is 2.00 bits per heavy atom. The number of hydrogen-bond donors (Lipinski definition) is 1. The molecule has 0 aromatic heterocycles. The second-order valence-electron chi connectivity index (χ2n) is 5.79. The van der Waals surface area contributed by atoms with Crippen LogP contribution >= 0.6 is 15.9 Å². The number of benzene rings is 1. The van der Waals surface area contributed by atoms with E-state index in [2.05, 4.69) is 48.9 Å². The van der Waals surface area contributed by atoms with Crippen molar-refractivity contribution in [3.05, 3.63) is 34.1 Å². The van der Waals surface area contributed by atoms with Crippen molar-refractivity contribution in [3.63, 3.8) is 0 Å². The first-order chi connectivity index (χ1) is 8.36. The Morgan fingerprint density at radius 3 is 2.56 bits per heavy atom. The van der Waals surface area contributed by atoms with Gasteiger partial charge in [0.2, 0.25) is 0 Å². The summed E-state index contributed by atoms with van der Waals surface area (Å²) in [5.74, 6) is 0.305. The van der Waals surface area contributed by atoms with E-state index in [9.17, 15) is 4.39 Å². The van der Waals surface area contributed by atoms with E-state index in [1.807, 2.05) is 6.07 Å². The van der Waals surface area contributed by atoms with Crippen LogP contribution < -0.4 is 5.32 Å². The molecule has 0 radical (unpaired) electrons. The highest BCUT2D eigenvalue weighted by Gasteiger charge is 2.25. The molecule has 0 spiro atoms. The molecular formula is C15H23BrFN. The zero-order valence-corrected chi connectivity index (χ0v) is 13.3. The van der Waals surface area contributed by atoms with E-state index in [1.54, 1.807) is 6.07 Å². The van der Waals surface area contributed by atoms with Gasteiger partial charge in [-0.05, 0) is 58.4 Å². The van der Waals surface area contributed by atoms with Crippen LogP contribution in [0.4, 0.5) is 4.39 Å². The molecular weight excluding hydrogens is 293 g/mol. The molecule has 0 saturated heterocycles. The molecule has 0 heterocycles. The maximum absolute atomic E-state index is 13.5. The van der Waals surface area contributed by atoms with Crippen LogP contribution in [-0.2, 0) is 6.42 Å². The monoisotopic (exact) mass is 315 g/mol. The maximum Gasteiger partial charge on any atom is 0.137 e. The molecule has 1 rings (SSSR count). The van der Waals surface area contributed by atoms with Crippen molar-refractivity contribution in [2.75, 3.05) is 13.1 Å². The van der Waals surface area contributed by atoms with Gasteiger partial charge in [-0.1, -0.05) is 39.8 Å². The quantitative estimate of drug-likeness (QED) is 0.849. The SMILES string of the molecule is CCNCC(Cc1cccc(F)c1Br)C(C)(C)C. The normalized spacial score (nSPS) is 13.7. The van der Waals surface area contributed by atoms with Crippen molar-refractivity contribution in [2.45, 2.75) is 34.1 Å². The van der Waals surface area contributed by atoms with Gasteiger partial charge in [-0.25, -0.2) is 4.39 Å². The summed E-state index contributed by atoms with van der Waals surface area (Å²) in [5, 5.41) is 3.40. The summed E-state index contributed by atoms with van der Waals surface area (Å²) < 4.78 is 14.1. The number of nitrogens with one attached hydrogen (secondary N) is 1. The summed E-state index contributed by atoms with van der Waals surface area (Å²) in [7, 11) is 0. The molecule has 0 aliphatic rings. The predicted molar refractivity (Wildman–Crippen MR) is 79.3 cm³/mol. The molecule has 1 N–H and O–H groups in total. The number of rotatable bonds is 5.